The maximum Gasteiger partial charge on any atom is 0.0969 e. The average molecular weight is 256 g/mol. The van der Waals surface area contributed by atoms with Gasteiger partial charge < -0.3 is 9.47 Å². The van der Waals surface area contributed by atoms with Gasteiger partial charge in [-0.1, -0.05) is 40.5 Å². The molecule has 2 aliphatic rings. The maximum absolute atomic E-state index is 5.99. The molecule has 0 aromatic heterocycles. The van der Waals surface area contributed by atoms with E-state index < -0.39 is 0 Å². The molecule has 108 valence electrons. The molecule has 1 saturated heterocycles. The minimum absolute atomic E-state index is 0.232. The first-order chi connectivity index (χ1) is 8.64. The van der Waals surface area contributed by atoms with Gasteiger partial charge in [0.1, 0.15) is 0 Å². The summed E-state index contributed by atoms with van der Waals surface area (Å²) in [5.41, 5.74) is 0.232. The highest BCUT2D eigenvalue weighted by Crippen LogP contribution is 2.48. The van der Waals surface area contributed by atoms with E-state index in [1.807, 2.05) is 13.8 Å². The van der Waals surface area contributed by atoms with Gasteiger partial charge >= 0.3 is 0 Å². The summed E-state index contributed by atoms with van der Waals surface area (Å²) in [5.74, 6) is 1.39. The fourth-order valence-corrected chi connectivity index (χ4v) is 2.96. The van der Waals surface area contributed by atoms with Crippen molar-refractivity contribution in [3.63, 3.8) is 0 Å². The van der Waals surface area contributed by atoms with Crippen molar-refractivity contribution in [1.29, 1.82) is 0 Å². The molecule has 0 radical (unpaired) electrons. The molecule has 18 heavy (non-hydrogen) atoms. The number of ether oxygens (including phenoxy) is 2. The Labute approximate surface area is 113 Å². The van der Waals surface area contributed by atoms with Crippen LogP contribution in [0.25, 0.3) is 0 Å². The van der Waals surface area contributed by atoms with E-state index in [0.717, 1.165) is 19.1 Å². The summed E-state index contributed by atoms with van der Waals surface area (Å²) in [4.78, 5) is 0. The van der Waals surface area contributed by atoms with Crippen molar-refractivity contribution in [2.45, 2.75) is 78.4 Å². The van der Waals surface area contributed by atoms with Crippen LogP contribution in [0.3, 0.4) is 0 Å². The summed E-state index contributed by atoms with van der Waals surface area (Å²) in [5, 5.41) is 0. The molecule has 1 spiro atoms. The first-order valence-electron chi connectivity index (χ1n) is 7.89. The van der Waals surface area contributed by atoms with Crippen LogP contribution in [0.1, 0.15) is 66.7 Å². The number of rotatable bonds is 5. The molecule has 0 N–H and O–H groups in total. The molecule has 2 nitrogen and oxygen atoms in total. The molecule has 0 bridgehead atoms. The van der Waals surface area contributed by atoms with E-state index >= 15 is 0 Å². The molecule has 0 aromatic rings. The van der Waals surface area contributed by atoms with Crippen LogP contribution in [-0.2, 0) is 9.47 Å². The summed E-state index contributed by atoms with van der Waals surface area (Å²) in [6, 6.07) is 0. The zero-order chi connectivity index (χ0) is 13.6. The summed E-state index contributed by atoms with van der Waals surface area (Å²) in [6.07, 6.45) is 6.80. The Morgan fingerprint density at radius 2 is 1.89 bits per heavy atom. The average Bonchev–Trinajstić information content (AvgIpc) is 3.12. The molecule has 1 heterocycles. The maximum atomic E-state index is 5.99. The summed E-state index contributed by atoms with van der Waals surface area (Å²) in [7, 11) is 0. The van der Waals surface area contributed by atoms with E-state index in [1.165, 1.54) is 32.1 Å². The van der Waals surface area contributed by atoms with Crippen LogP contribution in [0.4, 0.5) is 0 Å². The minimum Gasteiger partial charge on any atom is -0.378 e. The SMILES string of the molecule is CC.CC(C)CCOC(C)C1CCCCC12CO2. The molecular formula is C16H32O2. The summed E-state index contributed by atoms with van der Waals surface area (Å²) >= 11 is 0. The van der Waals surface area contributed by atoms with Crippen LogP contribution in [0.15, 0.2) is 0 Å². The molecule has 3 unspecified atom stereocenters. The first kappa shape index (κ1) is 16.0. The normalized spacial score (nSPS) is 32.0. The Morgan fingerprint density at radius 1 is 1.22 bits per heavy atom. The van der Waals surface area contributed by atoms with Gasteiger partial charge in [-0.3, -0.25) is 0 Å². The standard InChI is InChI=1S/C14H26O2.C2H6/c1-11(2)7-9-15-12(3)13-6-4-5-8-14(13)10-16-14;1-2/h11-13H,4-10H2,1-3H3;1-2H3. The van der Waals surface area contributed by atoms with Crippen molar-refractivity contribution in [2.24, 2.45) is 11.8 Å². The topological polar surface area (TPSA) is 21.8 Å². The molecule has 1 saturated carbocycles. The lowest BCUT2D eigenvalue weighted by Crippen LogP contribution is -2.37. The van der Waals surface area contributed by atoms with Gasteiger partial charge in [0.2, 0.25) is 0 Å². The first-order valence-corrected chi connectivity index (χ1v) is 7.89. The van der Waals surface area contributed by atoms with Crippen molar-refractivity contribution in [2.75, 3.05) is 13.2 Å². The van der Waals surface area contributed by atoms with Crippen LogP contribution < -0.4 is 0 Å². The molecule has 0 amide bonds. The third-order valence-electron chi connectivity index (χ3n) is 4.20. The Morgan fingerprint density at radius 3 is 2.44 bits per heavy atom. The largest absolute Gasteiger partial charge is 0.378 e. The fourth-order valence-electron chi connectivity index (χ4n) is 2.96. The van der Waals surface area contributed by atoms with E-state index in [9.17, 15) is 0 Å². The van der Waals surface area contributed by atoms with Crippen LogP contribution in [0.2, 0.25) is 0 Å². The molecule has 0 aromatic carbocycles. The zero-order valence-corrected chi connectivity index (χ0v) is 13.0. The predicted octanol–water partition coefficient (Wildman–Crippen LogP) is 4.42. The lowest BCUT2D eigenvalue weighted by atomic mass is 9.76. The van der Waals surface area contributed by atoms with E-state index in [4.69, 9.17) is 9.47 Å². The quantitative estimate of drug-likeness (QED) is 0.679. The number of epoxide rings is 1. The smallest absolute Gasteiger partial charge is 0.0969 e. The summed E-state index contributed by atoms with van der Waals surface area (Å²) < 4.78 is 11.7. The second kappa shape index (κ2) is 7.49. The van der Waals surface area contributed by atoms with Crippen molar-refractivity contribution < 1.29 is 9.47 Å². The molecule has 3 atom stereocenters. The van der Waals surface area contributed by atoms with Crippen LogP contribution in [0.5, 0.6) is 0 Å². The van der Waals surface area contributed by atoms with Crippen LogP contribution in [0, 0.1) is 11.8 Å². The van der Waals surface area contributed by atoms with Gasteiger partial charge in [0, 0.05) is 12.5 Å². The summed E-state index contributed by atoms with van der Waals surface area (Å²) in [6.45, 7) is 12.6. The highest BCUT2D eigenvalue weighted by Gasteiger charge is 2.54. The van der Waals surface area contributed by atoms with E-state index in [-0.39, 0.29) is 5.60 Å². The van der Waals surface area contributed by atoms with Gasteiger partial charge in [-0.2, -0.15) is 0 Å². The second-order valence-electron chi connectivity index (χ2n) is 5.96. The molecule has 1 aliphatic carbocycles. The van der Waals surface area contributed by atoms with Crippen LogP contribution >= 0.6 is 0 Å². The lowest BCUT2D eigenvalue weighted by molar-refractivity contribution is -0.0229. The van der Waals surface area contributed by atoms with Gasteiger partial charge in [-0.25, -0.2) is 0 Å². The second-order valence-corrected chi connectivity index (χ2v) is 5.96. The van der Waals surface area contributed by atoms with Crippen molar-refractivity contribution in [1.82, 2.24) is 0 Å². The van der Waals surface area contributed by atoms with Gasteiger partial charge in [0.25, 0.3) is 0 Å². The highest BCUT2D eigenvalue weighted by molar-refractivity contribution is 5.02. The monoisotopic (exact) mass is 256 g/mol. The van der Waals surface area contributed by atoms with Gasteiger partial charge in [0.15, 0.2) is 0 Å². The molecular weight excluding hydrogens is 224 g/mol. The third kappa shape index (κ3) is 4.24. The van der Waals surface area contributed by atoms with E-state index in [0.29, 0.717) is 12.0 Å². The molecule has 2 heteroatoms. The lowest BCUT2D eigenvalue weighted by Gasteiger charge is -2.33. The van der Waals surface area contributed by atoms with E-state index in [1.54, 1.807) is 0 Å². The Bertz CT molecular complexity index is 221. The Kier molecular flexibility index (Phi) is 6.65. The van der Waals surface area contributed by atoms with Gasteiger partial charge in [0.05, 0.1) is 18.3 Å². The highest BCUT2D eigenvalue weighted by atomic mass is 16.6. The van der Waals surface area contributed by atoms with Gasteiger partial charge in [-0.05, 0) is 32.1 Å². The molecule has 2 rings (SSSR count). The Hall–Kier alpha value is -0.0800. The molecule has 2 fully saturated rings. The fraction of sp³-hybridized carbons (Fsp3) is 1.00. The van der Waals surface area contributed by atoms with Crippen molar-refractivity contribution in [3.8, 4) is 0 Å². The minimum atomic E-state index is 0.232. The van der Waals surface area contributed by atoms with E-state index in [2.05, 4.69) is 20.8 Å². The number of hydrogen-bond donors (Lipinski definition) is 0. The van der Waals surface area contributed by atoms with Crippen molar-refractivity contribution >= 4 is 0 Å². The Balaban J connectivity index is 0.000000771. The van der Waals surface area contributed by atoms with Crippen LogP contribution in [-0.4, -0.2) is 24.9 Å². The molecule has 1 aliphatic heterocycles. The predicted molar refractivity (Wildman–Crippen MR) is 76.9 cm³/mol. The third-order valence-corrected chi connectivity index (χ3v) is 4.20. The zero-order valence-electron chi connectivity index (χ0n) is 13.0. The van der Waals surface area contributed by atoms with Gasteiger partial charge in [-0.15, -0.1) is 0 Å². The number of hydrogen-bond acceptors (Lipinski definition) is 2. The van der Waals surface area contributed by atoms with Crippen molar-refractivity contribution in [3.05, 3.63) is 0 Å².